The largest absolute Gasteiger partial charge is 0.317 e. The van der Waals surface area contributed by atoms with E-state index in [1.54, 1.807) is 23.5 Å². The fraction of sp³-hybridized carbons (Fsp3) is 0.600. The molecular weight excluding hydrogens is 272 g/mol. The lowest BCUT2D eigenvalue weighted by molar-refractivity contribution is 0.296. The highest BCUT2D eigenvalue weighted by Gasteiger charge is 2.30. The van der Waals surface area contributed by atoms with Gasteiger partial charge in [0, 0.05) is 13.1 Å². The van der Waals surface area contributed by atoms with Gasteiger partial charge in [-0.15, -0.1) is 0 Å². The third-order valence-electron chi connectivity index (χ3n) is 4.02. The van der Waals surface area contributed by atoms with E-state index in [0.717, 1.165) is 31.5 Å². The second-order valence-corrected chi connectivity index (χ2v) is 7.66. The molecule has 1 aromatic carbocycles. The molecular formula is C15H24N2O2S. The van der Waals surface area contributed by atoms with Crippen LogP contribution in [0.15, 0.2) is 29.2 Å². The molecule has 0 saturated carbocycles. The molecule has 2 rings (SSSR count). The fourth-order valence-corrected chi connectivity index (χ4v) is 4.48. The summed E-state index contributed by atoms with van der Waals surface area (Å²) in [5.41, 5.74) is 0.897. The normalized spacial score (nSPS) is 17.9. The Bertz CT molecular complexity index is 549. The molecule has 0 aromatic heterocycles. The van der Waals surface area contributed by atoms with Crippen LogP contribution in [0.1, 0.15) is 38.2 Å². The van der Waals surface area contributed by atoms with E-state index < -0.39 is 10.0 Å². The van der Waals surface area contributed by atoms with Gasteiger partial charge < -0.3 is 5.32 Å². The number of hydrogen-bond donors (Lipinski definition) is 1. The molecule has 1 aliphatic rings. The van der Waals surface area contributed by atoms with Gasteiger partial charge in [-0.05, 0) is 43.5 Å². The van der Waals surface area contributed by atoms with E-state index in [-0.39, 0.29) is 12.0 Å². The van der Waals surface area contributed by atoms with Crippen LogP contribution >= 0.6 is 0 Å². The Hall–Kier alpha value is -0.910. The fourth-order valence-electron chi connectivity index (χ4n) is 2.71. The van der Waals surface area contributed by atoms with Crippen molar-refractivity contribution in [2.75, 3.05) is 20.1 Å². The van der Waals surface area contributed by atoms with Crippen molar-refractivity contribution in [1.29, 1.82) is 0 Å². The maximum Gasteiger partial charge on any atom is 0.243 e. The number of piperidine rings is 1. The number of rotatable bonds is 4. The Morgan fingerprint density at radius 1 is 1.20 bits per heavy atom. The SMILES string of the molecule is CC(C)c1ccccc1S(=O)(=O)N(C)C1CCNCC1. The lowest BCUT2D eigenvalue weighted by atomic mass is 10.0. The molecule has 0 unspecified atom stereocenters. The Morgan fingerprint density at radius 3 is 2.40 bits per heavy atom. The predicted molar refractivity (Wildman–Crippen MR) is 81.4 cm³/mol. The third kappa shape index (κ3) is 3.05. The zero-order chi connectivity index (χ0) is 14.8. The van der Waals surface area contributed by atoms with Crippen LogP contribution in [0.2, 0.25) is 0 Å². The molecule has 0 bridgehead atoms. The van der Waals surface area contributed by atoms with Gasteiger partial charge in [-0.25, -0.2) is 8.42 Å². The molecule has 1 heterocycles. The molecule has 0 spiro atoms. The molecule has 0 atom stereocenters. The van der Waals surface area contributed by atoms with Crippen LogP contribution in [-0.4, -0.2) is 38.9 Å². The number of benzene rings is 1. The Balaban J connectivity index is 2.34. The van der Waals surface area contributed by atoms with Crippen molar-refractivity contribution >= 4 is 10.0 Å². The summed E-state index contributed by atoms with van der Waals surface area (Å²) in [4.78, 5) is 0.455. The summed E-state index contributed by atoms with van der Waals surface area (Å²) in [5.74, 6) is 0.197. The van der Waals surface area contributed by atoms with Crippen LogP contribution in [0.5, 0.6) is 0 Å². The first kappa shape index (κ1) is 15.5. The monoisotopic (exact) mass is 296 g/mol. The molecule has 0 amide bonds. The van der Waals surface area contributed by atoms with Crippen LogP contribution in [0.3, 0.4) is 0 Å². The van der Waals surface area contributed by atoms with E-state index in [1.807, 2.05) is 26.0 Å². The quantitative estimate of drug-likeness (QED) is 0.926. The average Bonchev–Trinajstić information content (AvgIpc) is 2.47. The van der Waals surface area contributed by atoms with E-state index >= 15 is 0 Å². The Morgan fingerprint density at radius 2 is 1.80 bits per heavy atom. The van der Waals surface area contributed by atoms with Gasteiger partial charge in [0.05, 0.1) is 4.90 Å². The number of sulfonamides is 1. The van der Waals surface area contributed by atoms with Crippen molar-refractivity contribution in [3.63, 3.8) is 0 Å². The summed E-state index contributed by atoms with van der Waals surface area (Å²) >= 11 is 0. The van der Waals surface area contributed by atoms with E-state index in [2.05, 4.69) is 5.32 Å². The Kier molecular flexibility index (Phi) is 4.83. The third-order valence-corrected chi connectivity index (χ3v) is 6.00. The van der Waals surface area contributed by atoms with Crippen molar-refractivity contribution in [1.82, 2.24) is 9.62 Å². The van der Waals surface area contributed by atoms with Crippen LogP contribution in [0.25, 0.3) is 0 Å². The van der Waals surface area contributed by atoms with Gasteiger partial charge in [-0.3, -0.25) is 0 Å². The van der Waals surface area contributed by atoms with Crippen LogP contribution < -0.4 is 5.32 Å². The second-order valence-electron chi connectivity index (χ2n) is 5.69. The lowest BCUT2D eigenvalue weighted by Gasteiger charge is -2.31. The maximum atomic E-state index is 12.9. The zero-order valence-electron chi connectivity index (χ0n) is 12.5. The molecule has 112 valence electrons. The minimum absolute atomic E-state index is 0.0986. The molecule has 1 aromatic rings. The molecule has 0 radical (unpaired) electrons. The summed E-state index contributed by atoms with van der Waals surface area (Å²) in [6.07, 6.45) is 1.75. The number of hydrogen-bond acceptors (Lipinski definition) is 3. The first-order valence-electron chi connectivity index (χ1n) is 7.22. The number of nitrogens with zero attached hydrogens (tertiary/aromatic N) is 1. The van der Waals surface area contributed by atoms with Crippen LogP contribution in [0.4, 0.5) is 0 Å². The van der Waals surface area contributed by atoms with Gasteiger partial charge in [0.1, 0.15) is 0 Å². The predicted octanol–water partition coefficient (Wildman–Crippen LogP) is 2.18. The van der Waals surface area contributed by atoms with Crippen LogP contribution in [0, 0.1) is 0 Å². The number of nitrogens with one attached hydrogen (secondary N) is 1. The van der Waals surface area contributed by atoms with Gasteiger partial charge in [-0.2, -0.15) is 4.31 Å². The van der Waals surface area contributed by atoms with Crippen molar-refractivity contribution in [3.8, 4) is 0 Å². The van der Waals surface area contributed by atoms with Crippen LogP contribution in [-0.2, 0) is 10.0 Å². The molecule has 0 aliphatic carbocycles. The van der Waals surface area contributed by atoms with Gasteiger partial charge in [-0.1, -0.05) is 32.0 Å². The van der Waals surface area contributed by atoms with E-state index in [1.165, 1.54) is 0 Å². The van der Waals surface area contributed by atoms with Gasteiger partial charge in [0.2, 0.25) is 10.0 Å². The first-order valence-corrected chi connectivity index (χ1v) is 8.66. The van der Waals surface area contributed by atoms with Gasteiger partial charge in [0.15, 0.2) is 0 Å². The highest BCUT2D eigenvalue weighted by molar-refractivity contribution is 7.89. The minimum Gasteiger partial charge on any atom is -0.317 e. The summed E-state index contributed by atoms with van der Waals surface area (Å²) in [5, 5.41) is 3.27. The highest BCUT2D eigenvalue weighted by Crippen LogP contribution is 2.27. The standard InChI is InChI=1S/C15H24N2O2S/c1-12(2)14-6-4-5-7-15(14)20(18,19)17(3)13-8-10-16-11-9-13/h4-7,12-13,16H,8-11H2,1-3H3. The first-order chi connectivity index (χ1) is 9.44. The topological polar surface area (TPSA) is 49.4 Å². The molecule has 5 heteroatoms. The van der Waals surface area contributed by atoms with E-state index in [0.29, 0.717) is 4.90 Å². The van der Waals surface area contributed by atoms with Crippen molar-refractivity contribution in [2.24, 2.45) is 0 Å². The molecule has 1 fully saturated rings. The minimum atomic E-state index is -3.41. The summed E-state index contributed by atoms with van der Waals surface area (Å²) in [6, 6.07) is 7.44. The average molecular weight is 296 g/mol. The Labute approximate surface area is 122 Å². The van der Waals surface area contributed by atoms with Gasteiger partial charge >= 0.3 is 0 Å². The summed E-state index contributed by atoms with van der Waals surface area (Å²) < 4.78 is 27.3. The van der Waals surface area contributed by atoms with Crippen molar-refractivity contribution < 1.29 is 8.42 Å². The maximum absolute atomic E-state index is 12.9. The molecule has 1 N–H and O–H groups in total. The summed E-state index contributed by atoms with van der Waals surface area (Å²) in [6.45, 7) is 5.82. The second kappa shape index (κ2) is 6.24. The van der Waals surface area contributed by atoms with Gasteiger partial charge in [0.25, 0.3) is 0 Å². The molecule has 20 heavy (non-hydrogen) atoms. The highest BCUT2D eigenvalue weighted by atomic mass is 32.2. The summed E-state index contributed by atoms with van der Waals surface area (Å²) in [7, 11) is -1.70. The zero-order valence-corrected chi connectivity index (χ0v) is 13.3. The molecule has 1 saturated heterocycles. The molecule has 4 nitrogen and oxygen atoms in total. The van der Waals surface area contributed by atoms with Crippen molar-refractivity contribution in [3.05, 3.63) is 29.8 Å². The van der Waals surface area contributed by atoms with E-state index in [9.17, 15) is 8.42 Å². The lowest BCUT2D eigenvalue weighted by Crippen LogP contribution is -2.44. The van der Waals surface area contributed by atoms with Crippen molar-refractivity contribution in [2.45, 2.75) is 43.5 Å². The molecule has 1 aliphatic heterocycles. The van der Waals surface area contributed by atoms with E-state index in [4.69, 9.17) is 0 Å². The smallest absolute Gasteiger partial charge is 0.243 e.